The van der Waals surface area contributed by atoms with Gasteiger partial charge in [0.1, 0.15) is 23.4 Å². The fraction of sp³-hybridized carbons (Fsp3) is 0.318. The van der Waals surface area contributed by atoms with Crippen molar-refractivity contribution >= 4 is 11.7 Å². The number of anilines is 1. The van der Waals surface area contributed by atoms with Crippen LogP contribution in [0.25, 0.3) is 0 Å². The highest BCUT2D eigenvalue weighted by Crippen LogP contribution is 2.44. The van der Waals surface area contributed by atoms with E-state index in [1.807, 2.05) is 54.9 Å². The largest absolute Gasteiger partial charge is 0.494 e. The molecule has 0 radical (unpaired) electrons. The number of hydrogen-bond donors (Lipinski definition) is 1. The Kier molecular flexibility index (Phi) is 4.23. The summed E-state index contributed by atoms with van der Waals surface area (Å²) in [5.74, 6) is 3.06. The van der Waals surface area contributed by atoms with E-state index in [2.05, 4.69) is 15.4 Å². The van der Waals surface area contributed by atoms with Crippen molar-refractivity contribution in [1.82, 2.24) is 14.8 Å². The lowest BCUT2D eigenvalue weighted by Crippen LogP contribution is -2.33. The van der Waals surface area contributed by atoms with Gasteiger partial charge in [-0.05, 0) is 50.1 Å². The Balaban J connectivity index is 1.62. The van der Waals surface area contributed by atoms with Crippen molar-refractivity contribution in [3.63, 3.8) is 0 Å². The first-order valence-electron chi connectivity index (χ1n) is 9.86. The SMILES string of the molecule is CCOc1cccc([C@@H]2C3=C(C[C@@H](c4ccco4)CC3=O)Nc3nc(C)nn32)c1. The number of hydrogen-bond acceptors (Lipinski definition) is 6. The van der Waals surface area contributed by atoms with Crippen LogP contribution < -0.4 is 10.1 Å². The number of fused-ring (bicyclic) bond motifs is 1. The zero-order valence-electron chi connectivity index (χ0n) is 16.4. The van der Waals surface area contributed by atoms with Crippen molar-refractivity contribution < 1.29 is 13.9 Å². The number of aryl methyl sites for hydroxylation is 1. The van der Waals surface area contributed by atoms with E-state index in [1.54, 1.807) is 6.26 Å². The molecule has 2 aliphatic rings. The third kappa shape index (κ3) is 3.03. The predicted molar refractivity (Wildman–Crippen MR) is 107 cm³/mol. The summed E-state index contributed by atoms with van der Waals surface area (Å²) in [4.78, 5) is 17.8. The van der Waals surface area contributed by atoms with E-state index in [9.17, 15) is 4.79 Å². The first kappa shape index (κ1) is 17.7. The summed E-state index contributed by atoms with van der Waals surface area (Å²) >= 11 is 0. The quantitative estimate of drug-likeness (QED) is 0.725. The molecule has 7 heteroatoms. The third-order valence-electron chi connectivity index (χ3n) is 5.46. The van der Waals surface area contributed by atoms with Gasteiger partial charge < -0.3 is 14.5 Å². The summed E-state index contributed by atoms with van der Waals surface area (Å²) < 4.78 is 13.1. The Morgan fingerprint density at radius 1 is 1.28 bits per heavy atom. The van der Waals surface area contributed by atoms with Gasteiger partial charge in [-0.3, -0.25) is 4.79 Å². The van der Waals surface area contributed by atoms with Gasteiger partial charge in [-0.25, -0.2) is 4.68 Å². The number of nitrogens with one attached hydrogen (secondary N) is 1. The summed E-state index contributed by atoms with van der Waals surface area (Å²) in [5, 5.41) is 7.93. The standard InChI is InChI=1S/C22H22N4O3/c1-3-28-16-7-4-6-14(10-16)21-20-17(24-22-23-13(2)25-26(21)22)11-15(12-18(20)27)19-8-5-9-29-19/h4-10,15,21H,3,11-12H2,1-2H3,(H,23,24,25)/t15-,21-/m1/s1. The molecule has 0 bridgehead atoms. The van der Waals surface area contributed by atoms with Crippen molar-refractivity contribution in [1.29, 1.82) is 0 Å². The van der Waals surface area contributed by atoms with Crippen molar-refractivity contribution in [2.24, 2.45) is 0 Å². The van der Waals surface area contributed by atoms with Crippen LogP contribution in [0.15, 0.2) is 58.3 Å². The number of Topliss-reactive ketones (excluding diaryl/α,β-unsaturated/α-hetero) is 1. The molecular weight excluding hydrogens is 368 g/mol. The Bertz CT molecular complexity index is 1100. The smallest absolute Gasteiger partial charge is 0.226 e. The van der Waals surface area contributed by atoms with Crippen LogP contribution in [0.3, 0.4) is 0 Å². The second-order valence-corrected chi connectivity index (χ2v) is 7.40. The molecule has 29 heavy (non-hydrogen) atoms. The predicted octanol–water partition coefficient (Wildman–Crippen LogP) is 3.99. The molecule has 0 fully saturated rings. The number of furan rings is 1. The molecule has 1 aromatic carbocycles. The van der Waals surface area contributed by atoms with Gasteiger partial charge in [-0.2, -0.15) is 10.1 Å². The molecule has 1 aliphatic carbocycles. The number of benzene rings is 1. The minimum absolute atomic E-state index is 0.0229. The van der Waals surface area contributed by atoms with E-state index >= 15 is 0 Å². The Morgan fingerprint density at radius 3 is 2.97 bits per heavy atom. The van der Waals surface area contributed by atoms with Crippen LogP contribution in [0.4, 0.5) is 5.95 Å². The maximum Gasteiger partial charge on any atom is 0.226 e. The monoisotopic (exact) mass is 390 g/mol. The van der Waals surface area contributed by atoms with E-state index < -0.39 is 0 Å². The number of carbonyl (C=O) groups excluding carboxylic acids is 1. The van der Waals surface area contributed by atoms with Crippen LogP contribution in [0.5, 0.6) is 5.75 Å². The van der Waals surface area contributed by atoms with Crippen LogP contribution in [0.1, 0.15) is 48.9 Å². The highest BCUT2D eigenvalue weighted by atomic mass is 16.5. The number of allylic oxidation sites excluding steroid dienone is 2. The zero-order chi connectivity index (χ0) is 20.0. The zero-order valence-corrected chi connectivity index (χ0v) is 16.4. The van der Waals surface area contributed by atoms with Crippen molar-refractivity contribution in [3.05, 3.63) is 71.1 Å². The van der Waals surface area contributed by atoms with Gasteiger partial charge in [0.15, 0.2) is 5.78 Å². The molecule has 3 heterocycles. The lowest BCUT2D eigenvalue weighted by atomic mass is 9.79. The van der Waals surface area contributed by atoms with E-state index in [0.717, 1.165) is 28.3 Å². The van der Waals surface area contributed by atoms with Crippen LogP contribution >= 0.6 is 0 Å². The number of nitrogens with zero attached hydrogens (tertiary/aromatic N) is 3. The molecule has 0 amide bonds. The van der Waals surface area contributed by atoms with Crippen LogP contribution in [-0.2, 0) is 4.79 Å². The summed E-state index contributed by atoms with van der Waals surface area (Å²) in [5.41, 5.74) is 2.61. The normalized spacial score (nSPS) is 20.8. The van der Waals surface area contributed by atoms with Crippen LogP contribution in [0.2, 0.25) is 0 Å². The van der Waals surface area contributed by atoms with Crippen molar-refractivity contribution in [2.45, 2.75) is 38.6 Å². The summed E-state index contributed by atoms with van der Waals surface area (Å²) in [6.45, 7) is 4.39. The minimum Gasteiger partial charge on any atom is -0.494 e. The van der Waals surface area contributed by atoms with Gasteiger partial charge in [-0.1, -0.05) is 12.1 Å². The maximum absolute atomic E-state index is 13.3. The van der Waals surface area contributed by atoms with Crippen LogP contribution in [0, 0.1) is 6.92 Å². The van der Waals surface area contributed by atoms with Crippen molar-refractivity contribution in [3.8, 4) is 5.75 Å². The number of carbonyl (C=O) groups is 1. The topological polar surface area (TPSA) is 82.2 Å². The molecule has 0 saturated heterocycles. The molecule has 148 valence electrons. The lowest BCUT2D eigenvalue weighted by Gasteiger charge is -2.34. The molecule has 0 saturated carbocycles. The molecule has 7 nitrogen and oxygen atoms in total. The molecule has 2 aromatic heterocycles. The Labute approximate surface area is 168 Å². The second kappa shape index (κ2) is 6.92. The van der Waals surface area contributed by atoms with Gasteiger partial charge in [-0.15, -0.1) is 0 Å². The highest BCUT2D eigenvalue weighted by molar-refractivity contribution is 6.00. The number of ketones is 1. The minimum atomic E-state index is -0.326. The molecule has 1 aliphatic heterocycles. The molecule has 3 aromatic rings. The molecule has 5 rings (SSSR count). The number of ether oxygens (including phenoxy) is 1. The fourth-order valence-corrected chi connectivity index (χ4v) is 4.29. The van der Waals surface area contributed by atoms with Gasteiger partial charge >= 0.3 is 0 Å². The Hall–Kier alpha value is -3.35. The first-order valence-corrected chi connectivity index (χ1v) is 9.86. The van der Waals surface area contributed by atoms with E-state index in [-0.39, 0.29) is 17.7 Å². The summed E-state index contributed by atoms with van der Waals surface area (Å²) in [6.07, 6.45) is 2.76. The summed E-state index contributed by atoms with van der Waals surface area (Å²) in [6, 6.07) is 11.3. The van der Waals surface area contributed by atoms with E-state index in [4.69, 9.17) is 9.15 Å². The second-order valence-electron chi connectivity index (χ2n) is 7.40. The van der Waals surface area contributed by atoms with Crippen molar-refractivity contribution in [2.75, 3.05) is 11.9 Å². The number of aromatic nitrogens is 3. The van der Waals surface area contributed by atoms with E-state index in [0.29, 0.717) is 31.2 Å². The van der Waals surface area contributed by atoms with Gasteiger partial charge in [0.25, 0.3) is 0 Å². The van der Waals surface area contributed by atoms with Gasteiger partial charge in [0.2, 0.25) is 5.95 Å². The third-order valence-corrected chi connectivity index (χ3v) is 5.46. The fourth-order valence-electron chi connectivity index (χ4n) is 4.29. The Morgan fingerprint density at radius 2 is 2.17 bits per heavy atom. The van der Waals surface area contributed by atoms with Gasteiger partial charge in [0.05, 0.1) is 12.9 Å². The number of rotatable bonds is 4. The molecule has 2 atom stereocenters. The average molecular weight is 390 g/mol. The molecular formula is C22H22N4O3. The molecule has 0 unspecified atom stereocenters. The highest BCUT2D eigenvalue weighted by Gasteiger charge is 2.40. The lowest BCUT2D eigenvalue weighted by molar-refractivity contribution is -0.117. The first-order chi connectivity index (χ1) is 14.1. The van der Waals surface area contributed by atoms with Gasteiger partial charge in [0, 0.05) is 23.6 Å². The maximum atomic E-state index is 13.3. The average Bonchev–Trinajstić information content (AvgIpc) is 3.35. The van der Waals surface area contributed by atoms with Crippen LogP contribution in [-0.4, -0.2) is 27.2 Å². The van der Waals surface area contributed by atoms with E-state index in [1.165, 1.54) is 0 Å². The summed E-state index contributed by atoms with van der Waals surface area (Å²) in [7, 11) is 0. The molecule has 1 N–H and O–H groups in total. The molecule has 0 spiro atoms.